The van der Waals surface area contributed by atoms with Crippen molar-refractivity contribution in [1.82, 2.24) is 19.5 Å². The zero-order valence-electron chi connectivity index (χ0n) is 12.4. The molecule has 22 heavy (non-hydrogen) atoms. The molecule has 1 aliphatic heterocycles. The highest BCUT2D eigenvalue weighted by Crippen LogP contribution is 2.27. The molecule has 1 saturated heterocycles. The highest BCUT2D eigenvalue weighted by Gasteiger charge is 2.20. The topological polar surface area (TPSA) is 43.6 Å². The molecule has 1 fully saturated rings. The predicted octanol–water partition coefficient (Wildman–Crippen LogP) is 3.50. The third kappa shape index (κ3) is 2.61. The molecule has 112 valence electrons. The first-order chi connectivity index (χ1) is 10.9. The van der Waals surface area contributed by atoms with Crippen LogP contribution < -0.4 is 0 Å². The van der Waals surface area contributed by atoms with Gasteiger partial charge in [-0.05, 0) is 54.5 Å². The second-order valence-electron chi connectivity index (χ2n) is 5.66. The van der Waals surface area contributed by atoms with Gasteiger partial charge in [-0.15, -0.1) is 0 Å². The number of thioether (sulfide) groups is 1. The van der Waals surface area contributed by atoms with Crippen LogP contribution in [0.2, 0.25) is 0 Å². The van der Waals surface area contributed by atoms with Gasteiger partial charge in [0.05, 0.1) is 0 Å². The van der Waals surface area contributed by atoms with Crippen LogP contribution in [0.15, 0.2) is 42.7 Å². The molecule has 3 aromatic rings. The van der Waals surface area contributed by atoms with Crippen LogP contribution in [0.3, 0.4) is 0 Å². The van der Waals surface area contributed by atoms with Crippen LogP contribution in [0.4, 0.5) is 0 Å². The lowest BCUT2D eigenvalue weighted by molar-refractivity contribution is 0.474. The van der Waals surface area contributed by atoms with Crippen molar-refractivity contribution in [2.45, 2.75) is 19.3 Å². The van der Waals surface area contributed by atoms with E-state index >= 15 is 0 Å². The van der Waals surface area contributed by atoms with Gasteiger partial charge in [0, 0.05) is 18.8 Å². The minimum absolute atomic E-state index is 0.723. The fourth-order valence-electron chi connectivity index (χ4n) is 3.03. The van der Waals surface area contributed by atoms with Crippen LogP contribution in [-0.4, -0.2) is 31.0 Å². The largest absolute Gasteiger partial charge is 0.264 e. The van der Waals surface area contributed by atoms with Crippen LogP contribution in [0.1, 0.15) is 18.7 Å². The van der Waals surface area contributed by atoms with E-state index in [-0.39, 0.29) is 0 Å². The average Bonchev–Trinajstić information content (AvgIpc) is 2.94. The van der Waals surface area contributed by atoms with Gasteiger partial charge in [-0.1, -0.05) is 6.07 Å². The maximum atomic E-state index is 4.84. The van der Waals surface area contributed by atoms with Crippen molar-refractivity contribution < 1.29 is 0 Å². The highest BCUT2D eigenvalue weighted by atomic mass is 32.2. The molecule has 0 saturated carbocycles. The van der Waals surface area contributed by atoms with E-state index in [1.165, 1.54) is 24.3 Å². The van der Waals surface area contributed by atoms with Gasteiger partial charge in [-0.2, -0.15) is 11.8 Å². The van der Waals surface area contributed by atoms with Crippen molar-refractivity contribution >= 4 is 22.9 Å². The molecule has 4 rings (SSSR count). The van der Waals surface area contributed by atoms with Gasteiger partial charge in [0.2, 0.25) is 0 Å². The second-order valence-corrected chi connectivity index (χ2v) is 6.88. The SMILES string of the molecule is c1ccc(-n2c(CC3CCSCC3)nc3cccnc32)nc1. The Labute approximate surface area is 134 Å². The lowest BCUT2D eigenvalue weighted by Crippen LogP contribution is -2.15. The van der Waals surface area contributed by atoms with E-state index in [1.807, 2.05) is 42.7 Å². The third-order valence-electron chi connectivity index (χ3n) is 4.18. The summed E-state index contributed by atoms with van der Waals surface area (Å²) in [5.41, 5.74) is 1.86. The average molecular weight is 310 g/mol. The molecule has 0 aliphatic carbocycles. The summed E-state index contributed by atoms with van der Waals surface area (Å²) >= 11 is 2.06. The summed E-state index contributed by atoms with van der Waals surface area (Å²) in [4.78, 5) is 13.9. The first-order valence-corrected chi connectivity index (χ1v) is 8.89. The Balaban J connectivity index is 1.79. The Hall–Kier alpha value is -1.88. The molecule has 1 aliphatic rings. The van der Waals surface area contributed by atoms with Crippen molar-refractivity contribution in [2.24, 2.45) is 5.92 Å². The fourth-order valence-corrected chi connectivity index (χ4v) is 4.24. The lowest BCUT2D eigenvalue weighted by atomic mass is 9.98. The molecule has 0 spiro atoms. The van der Waals surface area contributed by atoms with Crippen LogP contribution >= 0.6 is 11.8 Å². The highest BCUT2D eigenvalue weighted by molar-refractivity contribution is 7.99. The van der Waals surface area contributed by atoms with Gasteiger partial charge >= 0.3 is 0 Å². The monoisotopic (exact) mass is 310 g/mol. The van der Waals surface area contributed by atoms with Gasteiger partial charge in [-0.3, -0.25) is 4.57 Å². The lowest BCUT2D eigenvalue weighted by Gasteiger charge is -2.21. The molecular formula is C17H18N4S. The van der Waals surface area contributed by atoms with Gasteiger partial charge in [0.15, 0.2) is 5.65 Å². The quantitative estimate of drug-likeness (QED) is 0.742. The number of fused-ring (bicyclic) bond motifs is 1. The Kier molecular flexibility index (Phi) is 3.81. The molecule has 5 heteroatoms. The summed E-state index contributed by atoms with van der Waals surface area (Å²) < 4.78 is 2.12. The predicted molar refractivity (Wildman–Crippen MR) is 90.4 cm³/mol. The van der Waals surface area contributed by atoms with Crippen molar-refractivity contribution in [2.75, 3.05) is 11.5 Å². The van der Waals surface area contributed by atoms with E-state index < -0.39 is 0 Å². The molecule has 0 radical (unpaired) electrons. The van der Waals surface area contributed by atoms with E-state index in [0.717, 1.165) is 35.1 Å². The van der Waals surface area contributed by atoms with E-state index in [4.69, 9.17) is 4.98 Å². The number of aromatic nitrogens is 4. The summed E-state index contributed by atoms with van der Waals surface area (Å²) in [6.07, 6.45) is 7.22. The van der Waals surface area contributed by atoms with Gasteiger partial charge in [-0.25, -0.2) is 15.0 Å². The van der Waals surface area contributed by atoms with Crippen LogP contribution in [0.5, 0.6) is 0 Å². The maximum absolute atomic E-state index is 4.84. The van der Waals surface area contributed by atoms with Gasteiger partial charge < -0.3 is 0 Å². The van der Waals surface area contributed by atoms with Gasteiger partial charge in [0.25, 0.3) is 0 Å². The molecule has 0 unspecified atom stereocenters. The Morgan fingerprint density at radius 3 is 2.73 bits per heavy atom. The molecule has 0 bridgehead atoms. The Morgan fingerprint density at radius 2 is 1.91 bits per heavy atom. The standard InChI is InChI=1S/C17H18N4S/c1-2-8-18-15(5-1)21-16(12-13-6-10-22-11-7-13)20-14-4-3-9-19-17(14)21/h1-5,8-9,13H,6-7,10-12H2. The summed E-state index contributed by atoms with van der Waals surface area (Å²) in [6, 6.07) is 9.95. The first-order valence-electron chi connectivity index (χ1n) is 7.73. The first kappa shape index (κ1) is 13.8. The van der Waals surface area contributed by atoms with Crippen molar-refractivity contribution in [1.29, 1.82) is 0 Å². The molecule has 3 aromatic heterocycles. The molecule has 4 nitrogen and oxygen atoms in total. The van der Waals surface area contributed by atoms with E-state index in [9.17, 15) is 0 Å². The summed E-state index contributed by atoms with van der Waals surface area (Å²) in [5.74, 6) is 5.26. The maximum Gasteiger partial charge on any atom is 0.165 e. The normalized spacial score (nSPS) is 16.2. The van der Waals surface area contributed by atoms with Crippen LogP contribution in [0.25, 0.3) is 17.0 Å². The van der Waals surface area contributed by atoms with Crippen molar-refractivity contribution in [3.63, 3.8) is 0 Å². The number of hydrogen-bond donors (Lipinski definition) is 0. The fraction of sp³-hybridized carbons (Fsp3) is 0.353. The second kappa shape index (κ2) is 6.08. The molecule has 4 heterocycles. The van der Waals surface area contributed by atoms with E-state index in [1.54, 1.807) is 0 Å². The third-order valence-corrected chi connectivity index (χ3v) is 5.22. The number of hydrogen-bond acceptors (Lipinski definition) is 4. The van der Waals surface area contributed by atoms with Crippen LogP contribution in [0, 0.1) is 5.92 Å². The van der Waals surface area contributed by atoms with E-state index in [0.29, 0.717) is 0 Å². The number of pyridine rings is 2. The van der Waals surface area contributed by atoms with Gasteiger partial charge in [0.1, 0.15) is 17.2 Å². The zero-order valence-corrected chi connectivity index (χ0v) is 13.2. The Bertz CT molecular complexity index is 763. The minimum Gasteiger partial charge on any atom is -0.264 e. The molecule has 0 amide bonds. The van der Waals surface area contributed by atoms with Crippen molar-refractivity contribution in [3.05, 3.63) is 48.5 Å². The molecular weight excluding hydrogens is 292 g/mol. The number of rotatable bonds is 3. The van der Waals surface area contributed by atoms with Crippen LogP contribution in [-0.2, 0) is 6.42 Å². The molecule has 0 aromatic carbocycles. The minimum atomic E-state index is 0.723. The smallest absolute Gasteiger partial charge is 0.165 e. The summed E-state index contributed by atoms with van der Waals surface area (Å²) in [5, 5.41) is 0. The van der Waals surface area contributed by atoms with Crippen molar-refractivity contribution in [3.8, 4) is 5.82 Å². The number of nitrogens with zero attached hydrogens (tertiary/aromatic N) is 4. The zero-order chi connectivity index (χ0) is 14.8. The van der Waals surface area contributed by atoms with E-state index in [2.05, 4.69) is 26.3 Å². The summed E-state index contributed by atoms with van der Waals surface area (Å²) in [7, 11) is 0. The molecule has 0 N–H and O–H groups in total. The Morgan fingerprint density at radius 1 is 1.05 bits per heavy atom. The molecule has 0 atom stereocenters. The summed E-state index contributed by atoms with van der Waals surface area (Å²) in [6.45, 7) is 0. The number of imidazole rings is 1.